The van der Waals surface area contributed by atoms with Crippen molar-refractivity contribution >= 4 is 6.09 Å². The van der Waals surface area contributed by atoms with Crippen LogP contribution in [0.25, 0.3) is 0 Å². The first-order valence-corrected chi connectivity index (χ1v) is 6.31. The fraction of sp³-hybridized carbons (Fsp3) is 0.500. The molecule has 3 rings (SSSR count). The van der Waals surface area contributed by atoms with E-state index in [1.165, 1.54) is 0 Å². The van der Waals surface area contributed by atoms with E-state index in [2.05, 4.69) is 0 Å². The molecule has 0 radical (unpaired) electrons. The zero-order valence-electron chi connectivity index (χ0n) is 10.1. The minimum atomic E-state index is -0.274. The highest BCUT2D eigenvalue weighted by atomic mass is 19.1. The van der Waals surface area contributed by atoms with Gasteiger partial charge in [0.1, 0.15) is 6.61 Å². The van der Waals surface area contributed by atoms with E-state index in [1.807, 2.05) is 30.3 Å². The SMILES string of the molecule is O=C(OCc1ccccc1)N1C[C@@H]2C(CF)[C@@H]2C1. The topological polar surface area (TPSA) is 29.5 Å². The van der Waals surface area contributed by atoms with Crippen molar-refractivity contribution in [2.45, 2.75) is 6.61 Å². The average Bonchev–Trinajstić information content (AvgIpc) is 2.88. The number of nitrogens with zero attached hydrogens (tertiary/aromatic N) is 1. The molecular formula is C14H16FNO2. The van der Waals surface area contributed by atoms with Crippen molar-refractivity contribution < 1.29 is 13.9 Å². The summed E-state index contributed by atoms with van der Waals surface area (Å²) in [5.74, 6) is 0.946. The molecule has 1 unspecified atom stereocenters. The van der Waals surface area contributed by atoms with Crippen LogP contribution in [0, 0.1) is 17.8 Å². The number of likely N-dealkylation sites (tertiary alicyclic amines) is 1. The van der Waals surface area contributed by atoms with Gasteiger partial charge >= 0.3 is 6.09 Å². The molecule has 3 atom stereocenters. The maximum atomic E-state index is 12.5. The lowest BCUT2D eigenvalue weighted by Gasteiger charge is -2.18. The summed E-state index contributed by atoms with van der Waals surface area (Å²) in [6.07, 6.45) is -0.274. The Bertz CT molecular complexity index is 425. The molecule has 0 spiro atoms. The molecule has 1 aliphatic heterocycles. The van der Waals surface area contributed by atoms with Crippen molar-refractivity contribution in [3.8, 4) is 0 Å². The van der Waals surface area contributed by atoms with Gasteiger partial charge in [0.2, 0.25) is 0 Å². The Balaban J connectivity index is 1.46. The lowest BCUT2D eigenvalue weighted by atomic mass is 10.2. The monoisotopic (exact) mass is 249 g/mol. The van der Waals surface area contributed by atoms with Gasteiger partial charge in [0.15, 0.2) is 0 Å². The van der Waals surface area contributed by atoms with Gasteiger partial charge < -0.3 is 9.64 Å². The second-order valence-corrected chi connectivity index (χ2v) is 5.09. The van der Waals surface area contributed by atoms with Crippen LogP contribution < -0.4 is 0 Å². The van der Waals surface area contributed by atoms with Crippen molar-refractivity contribution in [3.63, 3.8) is 0 Å². The maximum Gasteiger partial charge on any atom is 0.410 e. The molecule has 3 nitrogen and oxygen atoms in total. The molecule has 1 amide bonds. The summed E-state index contributed by atoms with van der Waals surface area (Å²) in [5, 5.41) is 0. The van der Waals surface area contributed by atoms with Crippen LogP contribution in [-0.4, -0.2) is 30.8 Å². The molecule has 96 valence electrons. The molecule has 1 aliphatic carbocycles. The van der Waals surface area contributed by atoms with E-state index in [9.17, 15) is 9.18 Å². The summed E-state index contributed by atoms with van der Waals surface area (Å²) in [7, 11) is 0. The Labute approximate surface area is 106 Å². The van der Waals surface area contributed by atoms with Crippen LogP contribution in [0.15, 0.2) is 30.3 Å². The summed E-state index contributed by atoms with van der Waals surface area (Å²) >= 11 is 0. The number of amides is 1. The van der Waals surface area contributed by atoms with Gasteiger partial charge in [0.05, 0.1) is 6.67 Å². The van der Waals surface area contributed by atoms with Crippen LogP contribution in [-0.2, 0) is 11.3 Å². The van der Waals surface area contributed by atoms with Crippen LogP contribution in [0.4, 0.5) is 9.18 Å². The molecule has 2 fully saturated rings. The van der Waals surface area contributed by atoms with Gasteiger partial charge in [0.25, 0.3) is 0 Å². The predicted octanol–water partition coefficient (Wildman–Crippen LogP) is 2.47. The Morgan fingerprint density at radius 1 is 1.28 bits per heavy atom. The highest BCUT2D eigenvalue weighted by molar-refractivity contribution is 5.68. The zero-order chi connectivity index (χ0) is 12.5. The van der Waals surface area contributed by atoms with Gasteiger partial charge in [-0.05, 0) is 23.3 Å². The highest BCUT2D eigenvalue weighted by Gasteiger charge is 2.56. The third kappa shape index (κ3) is 2.07. The molecule has 0 bridgehead atoms. The second-order valence-electron chi connectivity index (χ2n) is 5.09. The molecule has 1 saturated heterocycles. The van der Waals surface area contributed by atoms with E-state index in [-0.39, 0.29) is 18.7 Å². The molecule has 1 aromatic rings. The van der Waals surface area contributed by atoms with Crippen LogP contribution in [0.5, 0.6) is 0 Å². The zero-order valence-corrected chi connectivity index (χ0v) is 10.1. The molecular weight excluding hydrogens is 233 g/mol. The fourth-order valence-electron chi connectivity index (χ4n) is 2.84. The Morgan fingerprint density at radius 2 is 1.94 bits per heavy atom. The van der Waals surface area contributed by atoms with Crippen molar-refractivity contribution in [3.05, 3.63) is 35.9 Å². The van der Waals surface area contributed by atoms with E-state index < -0.39 is 0 Å². The first-order chi connectivity index (χ1) is 8.79. The van der Waals surface area contributed by atoms with Crippen LogP contribution >= 0.6 is 0 Å². The maximum absolute atomic E-state index is 12.5. The predicted molar refractivity (Wildman–Crippen MR) is 64.6 cm³/mol. The summed E-state index contributed by atoms with van der Waals surface area (Å²) in [5.41, 5.74) is 0.983. The van der Waals surface area contributed by atoms with Gasteiger partial charge in [-0.25, -0.2) is 4.79 Å². The minimum Gasteiger partial charge on any atom is -0.445 e. The van der Waals surface area contributed by atoms with Gasteiger partial charge in [-0.15, -0.1) is 0 Å². The van der Waals surface area contributed by atoms with Crippen LogP contribution in [0.1, 0.15) is 5.56 Å². The number of fused-ring (bicyclic) bond motifs is 1. The molecule has 1 saturated carbocycles. The molecule has 0 N–H and O–H groups in total. The number of carbonyl (C=O) groups is 1. The minimum absolute atomic E-state index is 0.197. The number of carbonyl (C=O) groups excluding carboxylic acids is 1. The smallest absolute Gasteiger partial charge is 0.410 e. The summed E-state index contributed by atoms with van der Waals surface area (Å²) in [6.45, 7) is 1.38. The van der Waals surface area contributed by atoms with E-state index in [1.54, 1.807) is 4.90 Å². The first-order valence-electron chi connectivity index (χ1n) is 6.31. The normalized spacial score (nSPS) is 28.9. The van der Waals surface area contributed by atoms with Crippen molar-refractivity contribution in [2.75, 3.05) is 19.8 Å². The Morgan fingerprint density at radius 3 is 2.56 bits per heavy atom. The number of hydrogen-bond acceptors (Lipinski definition) is 2. The third-order valence-corrected chi connectivity index (χ3v) is 4.01. The molecule has 18 heavy (non-hydrogen) atoms. The molecule has 2 aliphatic rings. The summed E-state index contributed by atoms with van der Waals surface area (Å²) in [4.78, 5) is 13.5. The van der Waals surface area contributed by atoms with Crippen LogP contribution in [0.3, 0.4) is 0 Å². The standard InChI is InChI=1S/C14H16FNO2/c15-6-11-12-7-16(8-13(11)12)14(17)18-9-10-4-2-1-3-5-10/h1-5,11-13H,6-9H2/t11?,12-,13+. The lowest BCUT2D eigenvalue weighted by molar-refractivity contribution is 0.0980. The van der Waals surface area contributed by atoms with Crippen molar-refractivity contribution in [1.29, 1.82) is 0 Å². The molecule has 1 aromatic carbocycles. The number of halogens is 1. The largest absolute Gasteiger partial charge is 0.445 e. The third-order valence-electron chi connectivity index (χ3n) is 4.01. The molecule has 1 heterocycles. The Kier molecular flexibility index (Phi) is 2.94. The van der Waals surface area contributed by atoms with E-state index in [4.69, 9.17) is 4.74 Å². The van der Waals surface area contributed by atoms with E-state index in [0.29, 0.717) is 31.5 Å². The number of hydrogen-bond donors (Lipinski definition) is 0. The van der Waals surface area contributed by atoms with Crippen molar-refractivity contribution in [1.82, 2.24) is 4.90 Å². The van der Waals surface area contributed by atoms with Gasteiger partial charge in [-0.2, -0.15) is 0 Å². The van der Waals surface area contributed by atoms with Gasteiger partial charge in [-0.1, -0.05) is 30.3 Å². The number of rotatable bonds is 3. The quantitative estimate of drug-likeness (QED) is 0.823. The lowest BCUT2D eigenvalue weighted by Crippen LogP contribution is -2.32. The first kappa shape index (κ1) is 11.5. The fourth-order valence-corrected chi connectivity index (χ4v) is 2.84. The molecule has 0 aromatic heterocycles. The van der Waals surface area contributed by atoms with E-state index >= 15 is 0 Å². The number of ether oxygens (including phenoxy) is 1. The number of alkyl halides is 1. The summed E-state index contributed by atoms with van der Waals surface area (Å²) in [6, 6.07) is 9.61. The van der Waals surface area contributed by atoms with Crippen molar-refractivity contribution in [2.24, 2.45) is 17.8 Å². The number of piperidine rings is 1. The average molecular weight is 249 g/mol. The van der Waals surface area contributed by atoms with Gasteiger partial charge in [-0.3, -0.25) is 4.39 Å². The van der Waals surface area contributed by atoms with Crippen LogP contribution in [0.2, 0.25) is 0 Å². The number of benzene rings is 1. The van der Waals surface area contributed by atoms with E-state index in [0.717, 1.165) is 5.56 Å². The second kappa shape index (κ2) is 4.59. The molecule has 4 heteroatoms. The highest BCUT2D eigenvalue weighted by Crippen LogP contribution is 2.51. The Hall–Kier alpha value is -1.58. The summed E-state index contributed by atoms with van der Waals surface area (Å²) < 4.78 is 17.7. The van der Waals surface area contributed by atoms with Gasteiger partial charge in [0, 0.05) is 13.1 Å².